The number of benzene rings is 1. The minimum absolute atomic E-state index is 0.210. The van der Waals surface area contributed by atoms with E-state index >= 15 is 0 Å². The number of thiophene rings is 1. The molecule has 3 nitrogen and oxygen atoms in total. The van der Waals surface area contributed by atoms with Crippen molar-refractivity contribution in [2.24, 2.45) is 5.10 Å². The van der Waals surface area contributed by atoms with Gasteiger partial charge in [-0.1, -0.05) is 29.8 Å². The topological polar surface area (TPSA) is 41.5 Å². The minimum atomic E-state index is -0.210. The fourth-order valence-corrected chi connectivity index (χ4v) is 2.03. The van der Waals surface area contributed by atoms with Crippen LogP contribution < -0.4 is 5.43 Å². The van der Waals surface area contributed by atoms with Crippen molar-refractivity contribution in [1.82, 2.24) is 5.43 Å². The molecule has 1 aromatic carbocycles. The van der Waals surface area contributed by atoms with E-state index in [0.717, 1.165) is 5.56 Å². The highest BCUT2D eigenvalue weighted by Crippen LogP contribution is 2.09. The van der Waals surface area contributed by atoms with Crippen molar-refractivity contribution in [2.45, 2.75) is 0 Å². The first kappa shape index (κ1) is 11.8. The zero-order valence-electron chi connectivity index (χ0n) is 8.76. The third-order valence-corrected chi connectivity index (χ3v) is 3.08. The monoisotopic (exact) mass is 264 g/mol. The van der Waals surface area contributed by atoms with Crippen LogP contribution in [-0.2, 0) is 0 Å². The average molecular weight is 265 g/mol. The zero-order valence-corrected chi connectivity index (χ0v) is 10.3. The summed E-state index contributed by atoms with van der Waals surface area (Å²) in [5.74, 6) is -0.210. The van der Waals surface area contributed by atoms with E-state index in [1.54, 1.807) is 24.4 Å². The number of hydrogen-bond acceptors (Lipinski definition) is 3. The molecule has 1 heterocycles. The highest BCUT2D eigenvalue weighted by molar-refractivity contribution is 7.12. The Balaban J connectivity index is 1.96. The Labute approximate surface area is 108 Å². The SMILES string of the molecule is O=C(NN=Cc1cccc(Cl)c1)c1cccs1. The standard InChI is InChI=1S/C12H9ClN2OS/c13-10-4-1-3-9(7-10)8-14-15-12(16)11-5-2-6-17-11/h1-8H,(H,15,16). The molecule has 0 atom stereocenters. The van der Waals surface area contributed by atoms with E-state index in [2.05, 4.69) is 10.5 Å². The van der Waals surface area contributed by atoms with E-state index in [9.17, 15) is 4.79 Å². The van der Waals surface area contributed by atoms with Crippen LogP contribution in [0, 0.1) is 0 Å². The zero-order chi connectivity index (χ0) is 12.1. The second kappa shape index (κ2) is 5.61. The van der Waals surface area contributed by atoms with E-state index < -0.39 is 0 Å². The van der Waals surface area contributed by atoms with E-state index in [-0.39, 0.29) is 5.91 Å². The summed E-state index contributed by atoms with van der Waals surface area (Å²) in [6, 6.07) is 10.8. The molecule has 0 aliphatic rings. The highest BCUT2D eigenvalue weighted by atomic mass is 35.5. The molecule has 0 saturated heterocycles. The van der Waals surface area contributed by atoms with Crippen molar-refractivity contribution in [3.8, 4) is 0 Å². The lowest BCUT2D eigenvalue weighted by molar-refractivity contribution is 0.0959. The van der Waals surface area contributed by atoms with Gasteiger partial charge in [-0.25, -0.2) is 5.43 Å². The number of rotatable bonds is 3. The molecule has 1 N–H and O–H groups in total. The van der Waals surface area contributed by atoms with Crippen molar-refractivity contribution in [3.63, 3.8) is 0 Å². The summed E-state index contributed by atoms with van der Waals surface area (Å²) in [7, 11) is 0. The van der Waals surface area contributed by atoms with Gasteiger partial charge < -0.3 is 0 Å². The molecule has 2 rings (SSSR count). The van der Waals surface area contributed by atoms with Crippen LogP contribution in [0.1, 0.15) is 15.2 Å². The van der Waals surface area contributed by atoms with E-state index in [1.807, 2.05) is 23.6 Å². The first-order valence-corrected chi connectivity index (χ1v) is 6.14. The Morgan fingerprint density at radius 1 is 1.35 bits per heavy atom. The molecule has 1 aromatic heterocycles. The van der Waals surface area contributed by atoms with Gasteiger partial charge in [0.15, 0.2) is 0 Å². The molecule has 0 radical (unpaired) electrons. The van der Waals surface area contributed by atoms with Gasteiger partial charge in [0.25, 0.3) is 5.91 Å². The molecule has 0 spiro atoms. The molecule has 0 aliphatic heterocycles. The van der Waals surface area contributed by atoms with Gasteiger partial charge in [-0.05, 0) is 29.1 Å². The molecule has 0 saturated carbocycles. The largest absolute Gasteiger partial charge is 0.281 e. The van der Waals surface area contributed by atoms with Crippen LogP contribution in [0.2, 0.25) is 5.02 Å². The van der Waals surface area contributed by atoms with Crippen LogP contribution >= 0.6 is 22.9 Å². The Morgan fingerprint density at radius 2 is 2.24 bits per heavy atom. The Kier molecular flexibility index (Phi) is 3.90. The number of carbonyl (C=O) groups is 1. The predicted octanol–water partition coefficient (Wildman–Crippen LogP) is 3.17. The van der Waals surface area contributed by atoms with Crippen LogP contribution in [0.4, 0.5) is 0 Å². The lowest BCUT2D eigenvalue weighted by Gasteiger charge is -1.96. The van der Waals surface area contributed by atoms with Crippen molar-refractivity contribution >= 4 is 35.1 Å². The number of nitrogens with zero attached hydrogens (tertiary/aromatic N) is 1. The molecule has 86 valence electrons. The van der Waals surface area contributed by atoms with Gasteiger partial charge in [0, 0.05) is 5.02 Å². The summed E-state index contributed by atoms with van der Waals surface area (Å²) in [4.78, 5) is 12.2. The van der Waals surface area contributed by atoms with E-state index in [4.69, 9.17) is 11.6 Å². The molecule has 17 heavy (non-hydrogen) atoms. The van der Waals surface area contributed by atoms with Gasteiger partial charge in [0.05, 0.1) is 11.1 Å². The molecule has 2 aromatic rings. The van der Waals surface area contributed by atoms with Gasteiger partial charge in [-0.2, -0.15) is 5.10 Å². The lowest BCUT2D eigenvalue weighted by atomic mass is 10.2. The maximum absolute atomic E-state index is 11.5. The molecule has 0 aliphatic carbocycles. The molecular weight excluding hydrogens is 256 g/mol. The van der Waals surface area contributed by atoms with Crippen LogP contribution in [0.3, 0.4) is 0 Å². The Bertz CT molecular complexity index is 537. The molecule has 1 amide bonds. The van der Waals surface area contributed by atoms with Crippen molar-refractivity contribution in [2.75, 3.05) is 0 Å². The van der Waals surface area contributed by atoms with E-state index in [0.29, 0.717) is 9.90 Å². The first-order chi connectivity index (χ1) is 8.25. The van der Waals surface area contributed by atoms with Gasteiger partial charge in [-0.3, -0.25) is 4.79 Å². The molecular formula is C12H9ClN2OS. The number of carbonyl (C=O) groups excluding carboxylic acids is 1. The number of hydrogen-bond donors (Lipinski definition) is 1. The normalized spacial score (nSPS) is 10.6. The van der Waals surface area contributed by atoms with Gasteiger partial charge in [-0.15, -0.1) is 11.3 Å². The maximum atomic E-state index is 11.5. The predicted molar refractivity (Wildman–Crippen MR) is 70.8 cm³/mol. The maximum Gasteiger partial charge on any atom is 0.281 e. The fraction of sp³-hybridized carbons (Fsp3) is 0. The van der Waals surface area contributed by atoms with Crippen LogP contribution in [0.5, 0.6) is 0 Å². The fourth-order valence-electron chi connectivity index (χ4n) is 1.22. The summed E-state index contributed by atoms with van der Waals surface area (Å²) in [5.41, 5.74) is 3.29. The molecule has 0 fully saturated rings. The van der Waals surface area contributed by atoms with Crippen LogP contribution in [-0.4, -0.2) is 12.1 Å². The highest BCUT2D eigenvalue weighted by Gasteiger charge is 2.03. The van der Waals surface area contributed by atoms with Crippen LogP contribution in [0.15, 0.2) is 46.9 Å². The summed E-state index contributed by atoms with van der Waals surface area (Å²) in [6.45, 7) is 0. The van der Waals surface area contributed by atoms with Gasteiger partial charge >= 0.3 is 0 Å². The molecule has 5 heteroatoms. The number of nitrogens with one attached hydrogen (secondary N) is 1. The number of halogens is 1. The van der Waals surface area contributed by atoms with Crippen molar-refractivity contribution in [1.29, 1.82) is 0 Å². The van der Waals surface area contributed by atoms with Crippen LogP contribution in [0.25, 0.3) is 0 Å². The number of hydrazone groups is 1. The van der Waals surface area contributed by atoms with Crippen molar-refractivity contribution in [3.05, 3.63) is 57.2 Å². The first-order valence-electron chi connectivity index (χ1n) is 4.88. The van der Waals surface area contributed by atoms with Gasteiger partial charge in [0.2, 0.25) is 0 Å². The number of amides is 1. The lowest BCUT2D eigenvalue weighted by Crippen LogP contribution is -2.16. The summed E-state index contributed by atoms with van der Waals surface area (Å²) < 4.78 is 0. The minimum Gasteiger partial charge on any atom is -0.266 e. The second-order valence-corrected chi connectivity index (χ2v) is 4.62. The molecule has 0 bridgehead atoms. The summed E-state index contributed by atoms with van der Waals surface area (Å²) in [5, 5.41) is 6.34. The van der Waals surface area contributed by atoms with Gasteiger partial charge in [0.1, 0.15) is 0 Å². The summed E-state index contributed by atoms with van der Waals surface area (Å²) >= 11 is 7.19. The van der Waals surface area contributed by atoms with Crippen molar-refractivity contribution < 1.29 is 4.79 Å². The average Bonchev–Trinajstić information content (AvgIpc) is 2.82. The third kappa shape index (κ3) is 3.41. The smallest absolute Gasteiger partial charge is 0.266 e. The van der Waals surface area contributed by atoms with E-state index in [1.165, 1.54) is 11.3 Å². The molecule has 0 unspecified atom stereocenters. The second-order valence-electron chi connectivity index (χ2n) is 3.23. The Morgan fingerprint density at radius 3 is 2.94 bits per heavy atom. The Hall–Kier alpha value is -1.65. The third-order valence-electron chi connectivity index (χ3n) is 1.97. The quantitative estimate of drug-likeness (QED) is 0.671. The summed E-state index contributed by atoms with van der Waals surface area (Å²) in [6.07, 6.45) is 1.55.